The van der Waals surface area contributed by atoms with Crippen LogP contribution in [0.5, 0.6) is 0 Å². The number of hydrogen-bond acceptors (Lipinski definition) is 2. The van der Waals surface area contributed by atoms with Crippen LogP contribution in [0.15, 0.2) is 41.1 Å². The first-order chi connectivity index (χ1) is 8.08. The second-order valence-corrected chi connectivity index (χ2v) is 4.83. The third kappa shape index (κ3) is 2.70. The lowest BCUT2D eigenvalue weighted by molar-refractivity contribution is 0.622. The average molecular weight is 295 g/mol. The average Bonchev–Trinajstić information content (AvgIpc) is 2.27. The fourth-order valence-corrected chi connectivity index (χ4v) is 2.22. The monoisotopic (exact) mass is 294 g/mol. The van der Waals surface area contributed by atoms with E-state index in [-0.39, 0.29) is 11.9 Å². The van der Waals surface area contributed by atoms with Crippen LogP contribution in [0.25, 0.3) is 0 Å². The number of aryl methyl sites for hydroxylation is 1. The molecule has 2 nitrogen and oxygen atoms in total. The van der Waals surface area contributed by atoms with E-state index in [9.17, 15) is 4.39 Å². The van der Waals surface area contributed by atoms with Gasteiger partial charge < -0.3 is 5.73 Å². The number of benzene rings is 1. The first-order valence-electron chi connectivity index (χ1n) is 5.20. The highest BCUT2D eigenvalue weighted by atomic mass is 79.9. The van der Waals surface area contributed by atoms with Crippen LogP contribution in [0.4, 0.5) is 4.39 Å². The van der Waals surface area contributed by atoms with Crippen LogP contribution in [0.3, 0.4) is 0 Å². The number of nitrogens with zero attached hydrogens (tertiary/aromatic N) is 1. The Bertz CT molecular complexity index is 522. The van der Waals surface area contributed by atoms with E-state index in [2.05, 4.69) is 20.9 Å². The van der Waals surface area contributed by atoms with Crippen LogP contribution in [0.2, 0.25) is 0 Å². The van der Waals surface area contributed by atoms with Gasteiger partial charge in [-0.2, -0.15) is 0 Å². The summed E-state index contributed by atoms with van der Waals surface area (Å²) in [7, 11) is 0. The van der Waals surface area contributed by atoms with Gasteiger partial charge in [0.2, 0.25) is 0 Å². The van der Waals surface area contributed by atoms with Crippen LogP contribution in [0.1, 0.15) is 22.7 Å². The van der Waals surface area contributed by atoms with Crippen molar-refractivity contribution in [1.29, 1.82) is 0 Å². The molecule has 4 heteroatoms. The molecule has 0 aliphatic carbocycles. The van der Waals surface area contributed by atoms with Crippen LogP contribution in [0, 0.1) is 12.7 Å². The molecule has 0 spiro atoms. The molecular formula is C13H12BrFN2. The zero-order valence-electron chi connectivity index (χ0n) is 9.32. The number of aromatic nitrogens is 1. The molecule has 2 aromatic rings. The molecule has 0 aliphatic rings. The molecule has 2 N–H and O–H groups in total. The van der Waals surface area contributed by atoms with E-state index in [0.29, 0.717) is 4.47 Å². The molecule has 0 fully saturated rings. The van der Waals surface area contributed by atoms with Gasteiger partial charge in [0.05, 0.1) is 6.04 Å². The minimum absolute atomic E-state index is 0.300. The van der Waals surface area contributed by atoms with Crippen molar-refractivity contribution < 1.29 is 4.39 Å². The number of pyridine rings is 1. The third-order valence-corrected chi connectivity index (χ3v) is 3.12. The van der Waals surface area contributed by atoms with E-state index < -0.39 is 0 Å². The topological polar surface area (TPSA) is 38.9 Å². The summed E-state index contributed by atoms with van der Waals surface area (Å²) in [4.78, 5) is 4.05. The molecule has 0 saturated heterocycles. The molecule has 1 aromatic carbocycles. The van der Waals surface area contributed by atoms with Gasteiger partial charge in [-0.1, -0.05) is 15.9 Å². The molecule has 0 saturated carbocycles. The molecule has 1 unspecified atom stereocenters. The normalized spacial score (nSPS) is 12.5. The first kappa shape index (κ1) is 12.2. The van der Waals surface area contributed by atoms with Gasteiger partial charge in [0.15, 0.2) is 0 Å². The fraction of sp³-hybridized carbons (Fsp3) is 0.154. The van der Waals surface area contributed by atoms with Gasteiger partial charge in [-0.15, -0.1) is 0 Å². The Morgan fingerprint density at radius 1 is 1.35 bits per heavy atom. The summed E-state index contributed by atoms with van der Waals surface area (Å²) < 4.78 is 14.0. The summed E-state index contributed by atoms with van der Waals surface area (Å²) in [6.07, 6.45) is 3.44. The van der Waals surface area contributed by atoms with E-state index >= 15 is 0 Å². The summed E-state index contributed by atoms with van der Waals surface area (Å²) in [5.41, 5.74) is 8.81. The maximum Gasteiger partial charge on any atom is 0.124 e. The van der Waals surface area contributed by atoms with E-state index in [0.717, 1.165) is 16.7 Å². The quantitative estimate of drug-likeness (QED) is 0.923. The molecule has 0 aliphatic heterocycles. The van der Waals surface area contributed by atoms with Gasteiger partial charge in [-0.3, -0.25) is 4.98 Å². The van der Waals surface area contributed by atoms with Crippen molar-refractivity contribution in [3.8, 4) is 0 Å². The molecule has 0 amide bonds. The third-order valence-electron chi connectivity index (χ3n) is 2.66. The predicted octanol–water partition coefficient (Wildman–Crippen LogP) is 3.34. The van der Waals surface area contributed by atoms with Crippen molar-refractivity contribution in [3.05, 3.63) is 63.6 Å². The predicted molar refractivity (Wildman–Crippen MR) is 69.1 cm³/mol. The molecule has 1 heterocycles. The van der Waals surface area contributed by atoms with Gasteiger partial charge in [0, 0.05) is 16.9 Å². The zero-order valence-corrected chi connectivity index (χ0v) is 10.9. The Morgan fingerprint density at radius 2 is 2.12 bits per heavy atom. The number of rotatable bonds is 2. The smallest absolute Gasteiger partial charge is 0.124 e. The summed E-state index contributed by atoms with van der Waals surface area (Å²) in [5, 5.41) is 0. The molecule has 1 atom stereocenters. The van der Waals surface area contributed by atoms with E-state index in [1.165, 1.54) is 12.1 Å². The van der Waals surface area contributed by atoms with Gasteiger partial charge >= 0.3 is 0 Å². The van der Waals surface area contributed by atoms with Gasteiger partial charge in [0.25, 0.3) is 0 Å². The van der Waals surface area contributed by atoms with Crippen LogP contribution in [-0.4, -0.2) is 4.98 Å². The van der Waals surface area contributed by atoms with E-state index in [4.69, 9.17) is 5.73 Å². The Kier molecular flexibility index (Phi) is 3.54. The van der Waals surface area contributed by atoms with Crippen LogP contribution < -0.4 is 5.73 Å². The molecule has 1 aromatic heterocycles. The molecule has 2 rings (SSSR count). The fourth-order valence-electron chi connectivity index (χ4n) is 1.74. The molecule has 0 bridgehead atoms. The van der Waals surface area contributed by atoms with Crippen molar-refractivity contribution in [2.45, 2.75) is 13.0 Å². The summed E-state index contributed by atoms with van der Waals surface area (Å²) in [6, 6.07) is 6.20. The summed E-state index contributed by atoms with van der Waals surface area (Å²) in [6.45, 7) is 1.96. The van der Waals surface area contributed by atoms with Crippen LogP contribution >= 0.6 is 15.9 Å². The first-order valence-corrected chi connectivity index (χ1v) is 5.99. The standard InChI is InChI=1S/C13H12BrFN2/c1-8-2-3-17-7-12(8)13(16)9-4-10(14)6-11(15)5-9/h2-7,13H,16H2,1H3. The number of halogens is 2. The van der Waals surface area contributed by atoms with Crippen molar-refractivity contribution in [3.63, 3.8) is 0 Å². The maximum absolute atomic E-state index is 13.3. The van der Waals surface area contributed by atoms with Gasteiger partial charge in [0.1, 0.15) is 5.82 Å². The Morgan fingerprint density at radius 3 is 2.76 bits per heavy atom. The van der Waals surface area contributed by atoms with Crippen molar-refractivity contribution in [1.82, 2.24) is 4.98 Å². The lowest BCUT2D eigenvalue weighted by atomic mass is 9.98. The lowest BCUT2D eigenvalue weighted by Crippen LogP contribution is -2.13. The molecule has 0 radical (unpaired) electrons. The van der Waals surface area contributed by atoms with E-state index in [1.54, 1.807) is 12.4 Å². The van der Waals surface area contributed by atoms with Crippen molar-refractivity contribution >= 4 is 15.9 Å². The minimum Gasteiger partial charge on any atom is -0.320 e. The molecular weight excluding hydrogens is 283 g/mol. The SMILES string of the molecule is Cc1ccncc1C(N)c1cc(F)cc(Br)c1. The van der Waals surface area contributed by atoms with Gasteiger partial charge in [-0.25, -0.2) is 4.39 Å². The molecule has 17 heavy (non-hydrogen) atoms. The lowest BCUT2D eigenvalue weighted by Gasteiger charge is -2.15. The Balaban J connectivity index is 2.43. The summed E-state index contributed by atoms with van der Waals surface area (Å²) >= 11 is 3.26. The molecule has 88 valence electrons. The number of nitrogens with two attached hydrogens (primary N) is 1. The second kappa shape index (κ2) is 4.94. The van der Waals surface area contributed by atoms with Crippen molar-refractivity contribution in [2.75, 3.05) is 0 Å². The van der Waals surface area contributed by atoms with E-state index in [1.807, 2.05) is 19.1 Å². The highest BCUT2D eigenvalue weighted by molar-refractivity contribution is 9.10. The Hall–Kier alpha value is -1.26. The number of hydrogen-bond donors (Lipinski definition) is 1. The van der Waals surface area contributed by atoms with Crippen molar-refractivity contribution in [2.24, 2.45) is 5.73 Å². The van der Waals surface area contributed by atoms with Crippen LogP contribution in [-0.2, 0) is 0 Å². The summed E-state index contributed by atoms with van der Waals surface area (Å²) in [5.74, 6) is -0.300. The Labute approximate surface area is 108 Å². The van der Waals surface area contributed by atoms with Gasteiger partial charge in [-0.05, 0) is 47.9 Å². The second-order valence-electron chi connectivity index (χ2n) is 3.91. The maximum atomic E-state index is 13.3. The minimum atomic E-state index is -0.365. The highest BCUT2D eigenvalue weighted by Crippen LogP contribution is 2.25. The largest absolute Gasteiger partial charge is 0.320 e. The highest BCUT2D eigenvalue weighted by Gasteiger charge is 2.13. The zero-order chi connectivity index (χ0) is 12.4.